The number of anilines is 1. The third-order valence-electron chi connectivity index (χ3n) is 6.56. The van der Waals surface area contributed by atoms with Crippen LogP contribution in [0.5, 0.6) is 0 Å². The number of carbonyl (C=O) groups excluding carboxylic acids is 1. The molecule has 4 aliphatic carbocycles. The second-order valence-electron chi connectivity index (χ2n) is 8.09. The van der Waals surface area contributed by atoms with Gasteiger partial charge in [-0.1, -0.05) is 0 Å². The average Bonchev–Trinajstić information content (AvgIpc) is 2.46. The van der Waals surface area contributed by atoms with E-state index in [9.17, 15) is 4.79 Å². The number of nitrogens with one attached hydrogen (secondary N) is 1. The van der Waals surface area contributed by atoms with Crippen LogP contribution in [0.4, 0.5) is 5.69 Å². The fourth-order valence-electron chi connectivity index (χ4n) is 5.84. The molecule has 1 aromatic rings. The number of hydrogen-bond acceptors (Lipinski definition) is 2. The van der Waals surface area contributed by atoms with Crippen molar-refractivity contribution in [2.75, 3.05) is 5.32 Å². The van der Waals surface area contributed by atoms with Crippen molar-refractivity contribution in [3.63, 3.8) is 0 Å². The van der Waals surface area contributed by atoms with Crippen LogP contribution in [0.15, 0.2) is 24.3 Å². The number of rotatable bonds is 4. The van der Waals surface area contributed by atoms with Gasteiger partial charge >= 0.3 is 0 Å². The molecule has 4 bridgehead atoms. The summed E-state index contributed by atoms with van der Waals surface area (Å²) in [4.78, 5) is 11.2. The van der Waals surface area contributed by atoms with Gasteiger partial charge in [-0.15, -0.1) is 0 Å². The fraction of sp³-hybridized carbons (Fsp3) is 0.632. The van der Waals surface area contributed by atoms with Crippen molar-refractivity contribution < 1.29 is 4.79 Å². The zero-order valence-corrected chi connectivity index (χ0v) is 13.3. The average molecular weight is 298 g/mol. The van der Waals surface area contributed by atoms with Crippen molar-refractivity contribution in [3.8, 4) is 0 Å². The minimum atomic E-state index is -0.360. The summed E-state index contributed by atoms with van der Waals surface area (Å²) in [5, 5.41) is 3.71. The first-order valence-electron chi connectivity index (χ1n) is 8.70. The van der Waals surface area contributed by atoms with Gasteiger partial charge < -0.3 is 11.1 Å². The fourth-order valence-corrected chi connectivity index (χ4v) is 5.84. The molecule has 22 heavy (non-hydrogen) atoms. The molecule has 0 saturated heterocycles. The molecule has 0 heterocycles. The second kappa shape index (κ2) is 5.00. The predicted octanol–water partition coefficient (Wildman–Crippen LogP) is 3.80. The van der Waals surface area contributed by atoms with Crippen LogP contribution in [0, 0.1) is 23.2 Å². The Bertz CT molecular complexity index is 542. The first kappa shape index (κ1) is 14.1. The molecule has 0 aliphatic heterocycles. The van der Waals surface area contributed by atoms with E-state index >= 15 is 0 Å². The molecule has 3 N–H and O–H groups in total. The first-order chi connectivity index (χ1) is 10.5. The molecule has 3 nitrogen and oxygen atoms in total. The van der Waals surface area contributed by atoms with E-state index in [4.69, 9.17) is 5.73 Å². The maximum absolute atomic E-state index is 11.2. The summed E-state index contributed by atoms with van der Waals surface area (Å²) in [7, 11) is 0. The SMILES string of the molecule is CC(Nc1ccc(C(N)=O)cc1)C12CC3CC(CC(C3)C1)C2. The number of nitrogens with two attached hydrogens (primary N) is 1. The van der Waals surface area contributed by atoms with Crippen LogP contribution in [-0.4, -0.2) is 11.9 Å². The van der Waals surface area contributed by atoms with Gasteiger partial charge in [0.05, 0.1) is 0 Å². The summed E-state index contributed by atoms with van der Waals surface area (Å²) >= 11 is 0. The summed E-state index contributed by atoms with van der Waals surface area (Å²) in [6.45, 7) is 2.36. The molecule has 118 valence electrons. The Hall–Kier alpha value is -1.51. The lowest BCUT2D eigenvalue weighted by atomic mass is 9.48. The van der Waals surface area contributed by atoms with Crippen LogP contribution >= 0.6 is 0 Å². The van der Waals surface area contributed by atoms with Crippen molar-refractivity contribution in [1.82, 2.24) is 0 Å². The Morgan fingerprint density at radius 3 is 2.05 bits per heavy atom. The van der Waals surface area contributed by atoms with Crippen LogP contribution in [-0.2, 0) is 0 Å². The predicted molar refractivity (Wildman–Crippen MR) is 88.6 cm³/mol. The van der Waals surface area contributed by atoms with Crippen LogP contribution in [0.3, 0.4) is 0 Å². The van der Waals surface area contributed by atoms with Crippen molar-refractivity contribution in [2.24, 2.45) is 28.9 Å². The van der Waals surface area contributed by atoms with Gasteiger partial charge in [0.15, 0.2) is 0 Å². The topological polar surface area (TPSA) is 55.1 Å². The first-order valence-corrected chi connectivity index (χ1v) is 8.70. The maximum atomic E-state index is 11.2. The molecule has 4 saturated carbocycles. The van der Waals surface area contributed by atoms with Gasteiger partial charge in [-0.05, 0) is 92.9 Å². The minimum Gasteiger partial charge on any atom is -0.382 e. The Morgan fingerprint density at radius 1 is 1.09 bits per heavy atom. The monoisotopic (exact) mass is 298 g/mol. The normalized spacial score (nSPS) is 37.0. The van der Waals surface area contributed by atoms with Gasteiger partial charge in [0.2, 0.25) is 5.91 Å². The van der Waals surface area contributed by atoms with E-state index in [1.807, 2.05) is 24.3 Å². The molecule has 5 rings (SSSR count). The lowest BCUT2D eigenvalue weighted by Gasteiger charge is -2.59. The van der Waals surface area contributed by atoms with E-state index < -0.39 is 0 Å². The van der Waals surface area contributed by atoms with E-state index in [1.54, 1.807) is 0 Å². The third kappa shape index (κ3) is 2.31. The highest BCUT2D eigenvalue weighted by Gasteiger charge is 2.53. The summed E-state index contributed by atoms with van der Waals surface area (Å²) in [6.07, 6.45) is 8.68. The quantitative estimate of drug-likeness (QED) is 0.888. The van der Waals surface area contributed by atoms with E-state index in [-0.39, 0.29) is 5.91 Å². The summed E-state index contributed by atoms with van der Waals surface area (Å²) in [5.41, 5.74) is 7.49. The summed E-state index contributed by atoms with van der Waals surface area (Å²) < 4.78 is 0. The number of amides is 1. The Kier molecular flexibility index (Phi) is 3.21. The second-order valence-corrected chi connectivity index (χ2v) is 8.09. The van der Waals surface area contributed by atoms with Crippen LogP contribution < -0.4 is 11.1 Å². The zero-order chi connectivity index (χ0) is 15.3. The van der Waals surface area contributed by atoms with Crippen LogP contribution in [0.25, 0.3) is 0 Å². The lowest BCUT2D eigenvalue weighted by molar-refractivity contribution is -0.0602. The minimum absolute atomic E-state index is 0.360. The molecule has 3 heteroatoms. The van der Waals surface area contributed by atoms with Crippen molar-refractivity contribution in [2.45, 2.75) is 51.5 Å². The van der Waals surface area contributed by atoms with Gasteiger partial charge in [0, 0.05) is 17.3 Å². The van der Waals surface area contributed by atoms with E-state index in [2.05, 4.69) is 12.2 Å². The highest BCUT2D eigenvalue weighted by atomic mass is 16.1. The van der Waals surface area contributed by atoms with Crippen LogP contribution in [0.1, 0.15) is 55.8 Å². The standard InChI is InChI=1S/C19H26N2O/c1-12(21-17-4-2-16(3-5-17)18(20)22)19-9-13-6-14(10-19)8-15(7-13)11-19/h2-5,12-15,21H,6-11H2,1H3,(H2,20,22). The molecule has 4 fully saturated rings. The van der Waals surface area contributed by atoms with Crippen LogP contribution in [0.2, 0.25) is 0 Å². The maximum Gasteiger partial charge on any atom is 0.248 e. The molecular weight excluding hydrogens is 272 g/mol. The van der Waals surface area contributed by atoms with Gasteiger partial charge in [0.25, 0.3) is 0 Å². The molecule has 0 aromatic heterocycles. The zero-order valence-electron chi connectivity index (χ0n) is 13.3. The Balaban J connectivity index is 1.50. The Labute approximate surface area is 132 Å². The summed E-state index contributed by atoms with van der Waals surface area (Å²) in [5.74, 6) is 2.58. The van der Waals surface area contributed by atoms with Gasteiger partial charge in [0.1, 0.15) is 0 Å². The van der Waals surface area contributed by atoms with E-state index in [0.29, 0.717) is 17.0 Å². The highest BCUT2D eigenvalue weighted by molar-refractivity contribution is 5.93. The third-order valence-corrected chi connectivity index (χ3v) is 6.56. The van der Waals surface area contributed by atoms with Gasteiger partial charge in [-0.3, -0.25) is 4.79 Å². The number of hydrogen-bond donors (Lipinski definition) is 2. The Morgan fingerprint density at radius 2 is 1.59 bits per heavy atom. The van der Waals surface area contributed by atoms with Gasteiger partial charge in [-0.2, -0.15) is 0 Å². The lowest BCUT2D eigenvalue weighted by Crippen LogP contribution is -2.52. The molecule has 4 aliphatic rings. The molecule has 1 atom stereocenters. The number of primary amides is 1. The molecule has 1 amide bonds. The van der Waals surface area contributed by atoms with E-state index in [1.165, 1.54) is 38.5 Å². The molecular formula is C19H26N2O. The van der Waals surface area contributed by atoms with E-state index in [0.717, 1.165) is 23.4 Å². The van der Waals surface area contributed by atoms with Crippen molar-refractivity contribution in [1.29, 1.82) is 0 Å². The highest BCUT2D eigenvalue weighted by Crippen LogP contribution is 2.61. The van der Waals surface area contributed by atoms with Crippen molar-refractivity contribution in [3.05, 3.63) is 29.8 Å². The summed E-state index contributed by atoms with van der Waals surface area (Å²) in [6, 6.07) is 8.10. The smallest absolute Gasteiger partial charge is 0.248 e. The molecule has 1 aromatic carbocycles. The number of benzene rings is 1. The molecule has 0 spiro atoms. The van der Waals surface area contributed by atoms with Crippen molar-refractivity contribution >= 4 is 11.6 Å². The molecule has 0 radical (unpaired) electrons. The molecule has 1 unspecified atom stereocenters. The van der Waals surface area contributed by atoms with Gasteiger partial charge in [-0.25, -0.2) is 0 Å². The largest absolute Gasteiger partial charge is 0.382 e. The number of carbonyl (C=O) groups is 1.